The van der Waals surface area contributed by atoms with E-state index < -0.39 is 0 Å². The fraction of sp³-hybridized carbons (Fsp3) is 0.100. The summed E-state index contributed by atoms with van der Waals surface area (Å²) < 4.78 is 3.05. The van der Waals surface area contributed by atoms with Crippen LogP contribution in [0.3, 0.4) is 0 Å². The normalized spacial score (nSPS) is 11.0. The molecule has 2 aromatic heterocycles. The molecule has 130 valence electrons. The van der Waals surface area contributed by atoms with Gasteiger partial charge in [-0.05, 0) is 44.2 Å². The summed E-state index contributed by atoms with van der Waals surface area (Å²) in [5.74, 6) is 0. The van der Waals surface area contributed by atoms with Crippen molar-refractivity contribution in [1.29, 1.82) is 0 Å². The summed E-state index contributed by atoms with van der Waals surface area (Å²) >= 11 is 9.37. The zero-order valence-electron chi connectivity index (χ0n) is 14.3. The number of aryl methyl sites for hydroxylation is 2. The third kappa shape index (κ3) is 3.56. The molecule has 4 aromatic rings. The lowest BCUT2D eigenvalue weighted by atomic mass is 10.2. The van der Waals surface area contributed by atoms with Crippen LogP contribution < -0.4 is 0 Å². The SMILES string of the molecule is Cc1cc(C)n(-c2nc(-c3ccccc3)c(Sc3ccc(Cl)cc3)s2)n1. The minimum Gasteiger partial charge on any atom is -0.217 e. The minimum atomic E-state index is 0.741. The van der Waals surface area contributed by atoms with Crippen LogP contribution in [0.5, 0.6) is 0 Å². The quantitative estimate of drug-likeness (QED) is 0.398. The van der Waals surface area contributed by atoms with Gasteiger partial charge in [0.15, 0.2) is 0 Å². The van der Waals surface area contributed by atoms with E-state index in [1.54, 1.807) is 23.1 Å². The van der Waals surface area contributed by atoms with Crippen molar-refractivity contribution in [1.82, 2.24) is 14.8 Å². The molecule has 0 N–H and O–H groups in total. The first-order chi connectivity index (χ1) is 12.6. The van der Waals surface area contributed by atoms with Gasteiger partial charge in [0.25, 0.3) is 0 Å². The number of hydrogen-bond donors (Lipinski definition) is 0. The van der Waals surface area contributed by atoms with Crippen LogP contribution in [-0.4, -0.2) is 14.8 Å². The molecule has 4 rings (SSSR count). The fourth-order valence-corrected chi connectivity index (χ4v) is 5.05. The number of nitrogens with zero attached hydrogens (tertiary/aromatic N) is 3. The molecule has 0 aliphatic rings. The summed E-state index contributed by atoms with van der Waals surface area (Å²) in [4.78, 5) is 6.05. The summed E-state index contributed by atoms with van der Waals surface area (Å²) in [5, 5.41) is 6.21. The molecule has 0 unspecified atom stereocenters. The smallest absolute Gasteiger partial charge is 0.212 e. The van der Waals surface area contributed by atoms with Gasteiger partial charge in [-0.3, -0.25) is 0 Å². The van der Waals surface area contributed by atoms with Crippen molar-refractivity contribution in [2.24, 2.45) is 0 Å². The number of rotatable bonds is 4. The zero-order chi connectivity index (χ0) is 18.1. The number of thiazole rings is 1. The lowest BCUT2D eigenvalue weighted by molar-refractivity contribution is 0.826. The molecule has 0 saturated heterocycles. The number of hydrogen-bond acceptors (Lipinski definition) is 4. The Labute approximate surface area is 165 Å². The van der Waals surface area contributed by atoms with E-state index in [1.165, 1.54) is 0 Å². The first-order valence-electron chi connectivity index (χ1n) is 8.13. The Morgan fingerprint density at radius 1 is 1.00 bits per heavy atom. The molecule has 3 nitrogen and oxygen atoms in total. The molecule has 0 fully saturated rings. The topological polar surface area (TPSA) is 30.7 Å². The Morgan fingerprint density at radius 2 is 1.73 bits per heavy atom. The Kier molecular flexibility index (Phi) is 4.85. The van der Waals surface area contributed by atoms with Gasteiger partial charge in [0.2, 0.25) is 5.13 Å². The van der Waals surface area contributed by atoms with Crippen molar-refractivity contribution in [3.05, 3.63) is 77.1 Å². The highest BCUT2D eigenvalue weighted by atomic mass is 35.5. The van der Waals surface area contributed by atoms with Crippen molar-refractivity contribution in [3.8, 4) is 16.4 Å². The van der Waals surface area contributed by atoms with Gasteiger partial charge in [0.05, 0.1) is 15.6 Å². The summed E-state index contributed by atoms with van der Waals surface area (Å²) in [6, 6.07) is 20.2. The van der Waals surface area contributed by atoms with Crippen molar-refractivity contribution in [2.45, 2.75) is 23.0 Å². The molecule has 26 heavy (non-hydrogen) atoms. The van der Waals surface area contributed by atoms with Crippen LogP contribution >= 0.6 is 34.7 Å². The Hall–Kier alpha value is -2.08. The maximum atomic E-state index is 6.02. The monoisotopic (exact) mass is 397 g/mol. The average molecular weight is 398 g/mol. The zero-order valence-corrected chi connectivity index (χ0v) is 16.7. The van der Waals surface area contributed by atoms with Gasteiger partial charge in [-0.25, -0.2) is 9.67 Å². The van der Waals surface area contributed by atoms with Gasteiger partial charge in [-0.1, -0.05) is 65.0 Å². The molecule has 2 aromatic carbocycles. The van der Waals surface area contributed by atoms with E-state index >= 15 is 0 Å². The molecule has 0 saturated carbocycles. The van der Waals surface area contributed by atoms with E-state index in [1.807, 2.05) is 54.1 Å². The van der Waals surface area contributed by atoms with Crippen molar-refractivity contribution in [3.63, 3.8) is 0 Å². The molecule has 0 spiro atoms. The van der Waals surface area contributed by atoms with E-state index in [-0.39, 0.29) is 0 Å². The molecule has 0 bridgehead atoms. The highest BCUT2D eigenvalue weighted by molar-refractivity contribution is 8.01. The Morgan fingerprint density at radius 3 is 2.38 bits per heavy atom. The molecule has 0 amide bonds. The molecule has 0 atom stereocenters. The van der Waals surface area contributed by atoms with Gasteiger partial charge < -0.3 is 0 Å². The lowest BCUT2D eigenvalue weighted by Gasteiger charge is -2.02. The fourth-order valence-electron chi connectivity index (χ4n) is 2.67. The highest BCUT2D eigenvalue weighted by Gasteiger charge is 2.17. The van der Waals surface area contributed by atoms with E-state index in [4.69, 9.17) is 16.6 Å². The Bertz CT molecular complexity index is 1040. The van der Waals surface area contributed by atoms with Crippen LogP contribution in [-0.2, 0) is 0 Å². The third-order valence-corrected chi connectivity index (χ3v) is 6.31. The van der Waals surface area contributed by atoms with Crippen LogP contribution in [0.25, 0.3) is 16.4 Å². The molecule has 6 heteroatoms. The second-order valence-electron chi connectivity index (χ2n) is 5.89. The lowest BCUT2D eigenvalue weighted by Crippen LogP contribution is -1.98. The second kappa shape index (κ2) is 7.27. The van der Waals surface area contributed by atoms with Crippen LogP contribution in [0, 0.1) is 13.8 Å². The van der Waals surface area contributed by atoms with Crippen LogP contribution in [0.4, 0.5) is 0 Å². The molecular weight excluding hydrogens is 382 g/mol. The predicted octanol–water partition coefficient (Wildman–Crippen LogP) is 6.42. The van der Waals surface area contributed by atoms with E-state index in [0.29, 0.717) is 0 Å². The molecule has 0 aliphatic heterocycles. The summed E-state index contributed by atoms with van der Waals surface area (Å²) in [5.41, 5.74) is 4.16. The van der Waals surface area contributed by atoms with Gasteiger partial charge in [-0.2, -0.15) is 5.10 Å². The molecule has 0 aliphatic carbocycles. The van der Waals surface area contributed by atoms with Crippen molar-refractivity contribution >= 4 is 34.7 Å². The van der Waals surface area contributed by atoms with Gasteiger partial charge in [0, 0.05) is 21.2 Å². The number of benzene rings is 2. The second-order valence-corrected chi connectivity index (χ2v) is 8.65. The average Bonchev–Trinajstić information content (AvgIpc) is 3.20. The first-order valence-corrected chi connectivity index (χ1v) is 10.1. The minimum absolute atomic E-state index is 0.741. The highest BCUT2D eigenvalue weighted by Crippen LogP contribution is 2.41. The maximum Gasteiger partial charge on any atom is 0.212 e. The third-order valence-electron chi connectivity index (χ3n) is 3.85. The van der Waals surface area contributed by atoms with Crippen molar-refractivity contribution in [2.75, 3.05) is 0 Å². The number of halogens is 1. The van der Waals surface area contributed by atoms with Gasteiger partial charge >= 0.3 is 0 Å². The summed E-state index contributed by atoms with van der Waals surface area (Å²) in [6.45, 7) is 4.05. The Balaban J connectivity index is 1.80. The molecule has 2 heterocycles. The molecule has 0 radical (unpaired) electrons. The van der Waals surface area contributed by atoms with E-state index in [0.717, 1.165) is 41.9 Å². The summed E-state index contributed by atoms with van der Waals surface area (Å²) in [7, 11) is 0. The standard InChI is InChI=1S/C20H16ClN3S2/c1-13-12-14(2)24(23-13)20-22-18(15-6-4-3-5-7-15)19(26-20)25-17-10-8-16(21)9-11-17/h3-12H,1-2H3. The first kappa shape index (κ1) is 17.3. The van der Waals surface area contributed by atoms with E-state index in [9.17, 15) is 0 Å². The van der Waals surface area contributed by atoms with Gasteiger partial charge in [0.1, 0.15) is 0 Å². The van der Waals surface area contributed by atoms with E-state index in [2.05, 4.69) is 30.2 Å². The maximum absolute atomic E-state index is 6.02. The van der Waals surface area contributed by atoms with Crippen LogP contribution in [0.2, 0.25) is 5.02 Å². The van der Waals surface area contributed by atoms with Crippen LogP contribution in [0.1, 0.15) is 11.4 Å². The summed E-state index contributed by atoms with van der Waals surface area (Å²) in [6.07, 6.45) is 0. The largest absolute Gasteiger partial charge is 0.217 e. The number of aromatic nitrogens is 3. The van der Waals surface area contributed by atoms with Gasteiger partial charge in [-0.15, -0.1) is 0 Å². The van der Waals surface area contributed by atoms with Crippen molar-refractivity contribution < 1.29 is 0 Å². The van der Waals surface area contributed by atoms with Crippen LogP contribution in [0.15, 0.2) is 69.8 Å². The predicted molar refractivity (Wildman–Crippen MR) is 110 cm³/mol. The molecular formula is C20H16ClN3S2.